The van der Waals surface area contributed by atoms with Gasteiger partial charge in [0, 0.05) is 52.4 Å². The summed E-state index contributed by atoms with van der Waals surface area (Å²) in [6.45, 7) is 12.6. The molecule has 0 aliphatic rings. The number of amides is 2. The van der Waals surface area contributed by atoms with E-state index in [-0.39, 0.29) is 29.4 Å². The van der Waals surface area contributed by atoms with Gasteiger partial charge in [0.15, 0.2) is 19.5 Å². The van der Waals surface area contributed by atoms with Gasteiger partial charge in [0.25, 0.3) is 0 Å². The summed E-state index contributed by atoms with van der Waals surface area (Å²) >= 11 is 0. The molecule has 0 aliphatic carbocycles. The zero-order valence-corrected chi connectivity index (χ0v) is 18.8. The number of nitrogens with zero attached hydrogens (tertiary/aromatic N) is 2. The number of rotatable bonds is 10. The van der Waals surface area contributed by atoms with Crippen molar-refractivity contribution in [2.24, 2.45) is 11.3 Å². The molecule has 0 atom stereocenters. The van der Waals surface area contributed by atoms with Gasteiger partial charge in [-0.05, 0) is 0 Å². The van der Waals surface area contributed by atoms with Crippen molar-refractivity contribution in [1.82, 2.24) is 9.80 Å². The molecule has 8 heteroatoms. The van der Waals surface area contributed by atoms with Crippen molar-refractivity contribution >= 4 is 31.3 Å². The second-order valence-electron chi connectivity index (χ2n) is 6.56. The number of carbonyl (C=O) groups is 2. The van der Waals surface area contributed by atoms with Crippen LogP contribution in [0.4, 0.5) is 0 Å². The molecule has 0 unspecified atom stereocenters. The molecule has 0 saturated heterocycles. The van der Waals surface area contributed by atoms with Crippen LogP contribution in [0, 0.1) is 11.3 Å². The lowest BCUT2D eigenvalue weighted by Crippen LogP contribution is -2.50. The molecule has 0 rings (SSSR count). The standard InChI is InChI=1S/C15H34N2O4Si2/c1-11(18)16(5)9-13(10-17(6)12(2)19)15(3,4)14(20-22-7)21-23-8/h13-14H,9-10,22-23H2,1-8H3. The smallest absolute Gasteiger partial charge is 0.219 e. The Hall–Kier alpha value is -0.706. The second kappa shape index (κ2) is 10.2. The third-order valence-corrected chi connectivity index (χ3v) is 5.63. The Morgan fingerprint density at radius 2 is 1.30 bits per heavy atom. The molecular weight excluding hydrogens is 328 g/mol. The lowest BCUT2D eigenvalue weighted by molar-refractivity contribution is -0.138. The Kier molecular flexibility index (Phi) is 9.91. The molecule has 0 N–H and O–H groups in total. The molecular formula is C15H34N2O4Si2. The van der Waals surface area contributed by atoms with E-state index in [9.17, 15) is 9.59 Å². The molecule has 0 radical (unpaired) electrons. The normalized spacial score (nSPS) is 14.1. The molecule has 0 heterocycles. The van der Waals surface area contributed by atoms with Crippen LogP contribution in [-0.2, 0) is 18.4 Å². The van der Waals surface area contributed by atoms with Crippen LogP contribution in [0.25, 0.3) is 0 Å². The average molecular weight is 363 g/mol. The summed E-state index contributed by atoms with van der Waals surface area (Å²) in [6.07, 6.45) is -0.262. The summed E-state index contributed by atoms with van der Waals surface area (Å²) in [5, 5.41) is 0. The summed E-state index contributed by atoms with van der Waals surface area (Å²) in [5.41, 5.74) is -0.292. The number of carbonyl (C=O) groups excluding carboxylic acids is 2. The largest absolute Gasteiger partial charge is 0.400 e. The maximum Gasteiger partial charge on any atom is 0.219 e. The van der Waals surface area contributed by atoms with Gasteiger partial charge in [-0.15, -0.1) is 0 Å². The lowest BCUT2D eigenvalue weighted by Gasteiger charge is -2.43. The van der Waals surface area contributed by atoms with Crippen LogP contribution < -0.4 is 0 Å². The maximum atomic E-state index is 11.6. The lowest BCUT2D eigenvalue weighted by atomic mass is 9.77. The van der Waals surface area contributed by atoms with E-state index < -0.39 is 19.5 Å². The van der Waals surface area contributed by atoms with Gasteiger partial charge in [-0.3, -0.25) is 9.59 Å². The molecule has 136 valence electrons. The van der Waals surface area contributed by atoms with Crippen LogP contribution in [0.3, 0.4) is 0 Å². The molecule has 2 amide bonds. The van der Waals surface area contributed by atoms with Crippen molar-refractivity contribution in [1.29, 1.82) is 0 Å². The minimum atomic E-state index is -0.615. The molecule has 0 saturated carbocycles. The van der Waals surface area contributed by atoms with Crippen LogP contribution in [0.15, 0.2) is 0 Å². The number of hydrogen-bond donors (Lipinski definition) is 0. The first-order valence-corrected chi connectivity index (χ1v) is 12.2. The second-order valence-corrected chi connectivity index (χ2v) is 8.38. The SMILES string of the molecule is C[SiH2]OC(O[SiH2]C)C(C)(C)C(CN(C)C(C)=O)CN(C)C(C)=O. The molecule has 0 aliphatic heterocycles. The quantitative estimate of drug-likeness (QED) is 0.412. The Balaban J connectivity index is 5.40. The van der Waals surface area contributed by atoms with E-state index in [4.69, 9.17) is 8.85 Å². The Morgan fingerprint density at radius 1 is 0.957 bits per heavy atom. The maximum absolute atomic E-state index is 11.6. The third kappa shape index (κ3) is 7.15. The van der Waals surface area contributed by atoms with Gasteiger partial charge in [0.05, 0.1) is 0 Å². The first-order chi connectivity index (χ1) is 10.6. The summed E-state index contributed by atoms with van der Waals surface area (Å²) < 4.78 is 11.9. The van der Waals surface area contributed by atoms with E-state index >= 15 is 0 Å². The summed E-state index contributed by atoms with van der Waals surface area (Å²) in [6, 6.07) is 0. The van der Waals surface area contributed by atoms with Gasteiger partial charge in [-0.25, -0.2) is 0 Å². The van der Waals surface area contributed by atoms with Gasteiger partial charge in [-0.1, -0.05) is 26.9 Å². The first-order valence-electron chi connectivity index (χ1n) is 8.24. The van der Waals surface area contributed by atoms with Crippen molar-refractivity contribution in [3.05, 3.63) is 0 Å². The predicted octanol–water partition coefficient (Wildman–Crippen LogP) is 0.209. The van der Waals surface area contributed by atoms with Gasteiger partial charge >= 0.3 is 0 Å². The highest BCUT2D eigenvalue weighted by atomic mass is 28.2. The van der Waals surface area contributed by atoms with Gasteiger partial charge in [-0.2, -0.15) is 0 Å². The van der Waals surface area contributed by atoms with Crippen LogP contribution >= 0.6 is 0 Å². The van der Waals surface area contributed by atoms with E-state index in [2.05, 4.69) is 26.9 Å². The Bertz CT molecular complexity index is 366. The third-order valence-electron chi connectivity index (χ3n) is 4.36. The van der Waals surface area contributed by atoms with Crippen molar-refractivity contribution in [2.45, 2.75) is 47.1 Å². The highest BCUT2D eigenvalue weighted by molar-refractivity contribution is 6.26. The topological polar surface area (TPSA) is 59.1 Å². The predicted molar refractivity (Wildman–Crippen MR) is 98.7 cm³/mol. The Labute approximate surface area is 145 Å². The molecule has 23 heavy (non-hydrogen) atoms. The minimum absolute atomic E-state index is 0.0180. The van der Waals surface area contributed by atoms with E-state index in [1.165, 1.54) is 0 Å². The van der Waals surface area contributed by atoms with Crippen molar-refractivity contribution in [2.75, 3.05) is 27.2 Å². The first kappa shape index (κ1) is 22.3. The van der Waals surface area contributed by atoms with E-state index in [0.717, 1.165) is 0 Å². The average Bonchev–Trinajstić information content (AvgIpc) is 2.45. The minimum Gasteiger partial charge on any atom is -0.400 e. The zero-order valence-electron chi connectivity index (χ0n) is 16.0. The highest BCUT2D eigenvalue weighted by Gasteiger charge is 2.40. The van der Waals surface area contributed by atoms with E-state index in [1.807, 2.05) is 0 Å². The Morgan fingerprint density at radius 3 is 1.57 bits per heavy atom. The van der Waals surface area contributed by atoms with Crippen LogP contribution in [-0.4, -0.2) is 74.6 Å². The molecule has 6 nitrogen and oxygen atoms in total. The van der Waals surface area contributed by atoms with Crippen LogP contribution in [0.2, 0.25) is 13.1 Å². The highest BCUT2D eigenvalue weighted by Crippen LogP contribution is 2.34. The van der Waals surface area contributed by atoms with Gasteiger partial charge in [0.2, 0.25) is 11.8 Å². The molecule has 0 aromatic carbocycles. The fourth-order valence-corrected chi connectivity index (χ4v) is 4.27. The molecule has 0 aromatic rings. The van der Waals surface area contributed by atoms with Crippen molar-refractivity contribution in [3.63, 3.8) is 0 Å². The summed E-state index contributed by atoms with van der Waals surface area (Å²) in [7, 11) is 2.35. The molecule has 0 spiro atoms. The van der Waals surface area contributed by atoms with E-state index in [0.29, 0.717) is 13.1 Å². The molecule has 0 aromatic heterocycles. The zero-order chi connectivity index (χ0) is 18.2. The monoisotopic (exact) mass is 362 g/mol. The van der Waals surface area contributed by atoms with Crippen molar-refractivity contribution in [3.8, 4) is 0 Å². The summed E-state index contributed by atoms with van der Waals surface area (Å²) in [5.74, 6) is 0.102. The fourth-order valence-electron chi connectivity index (χ4n) is 2.42. The van der Waals surface area contributed by atoms with Crippen LogP contribution in [0.1, 0.15) is 27.7 Å². The fraction of sp³-hybridized carbons (Fsp3) is 0.867. The summed E-state index contributed by atoms with van der Waals surface area (Å²) in [4.78, 5) is 26.7. The number of hydrogen-bond acceptors (Lipinski definition) is 4. The van der Waals surface area contributed by atoms with Gasteiger partial charge < -0.3 is 18.7 Å². The van der Waals surface area contributed by atoms with Crippen LogP contribution in [0.5, 0.6) is 0 Å². The molecule has 0 bridgehead atoms. The van der Waals surface area contributed by atoms with Crippen molar-refractivity contribution < 1.29 is 18.4 Å². The molecule has 0 fully saturated rings. The van der Waals surface area contributed by atoms with E-state index in [1.54, 1.807) is 37.7 Å². The van der Waals surface area contributed by atoms with Gasteiger partial charge in [0.1, 0.15) is 6.29 Å².